The zero-order valence-corrected chi connectivity index (χ0v) is 14.3. The predicted molar refractivity (Wildman–Crippen MR) is 91.0 cm³/mol. The first-order valence-corrected chi connectivity index (χ1v) is 7.83. The van der Waals surface area contributed by atoms with Gasteiger partial charge in [-0.1, -0.05) is 17.7 Å². The molecule has 0 saturated carbocycles. The fourth-order valence-electron chi connectivity index (χ4n) is 2.02. The first-order chi connectivity index (χ1) is 9.66. The summed E-state index contributed by atoms with van der Waals surface area (Å²) in [6, 6.07) is 4.99. The molecule has 0 amide bonds. The zero-order valence-electron chi connectivity index (χ0n) is 12.7. The summed E-state index contributed by atoms with van der Waals surface area (Å²) in [7, 11) is -0.470. The van der Waals surface area contributed by atoms with E-state index in [2.05, 4.69) is 12.6 Å². The van der Waals surface area contributed by atoms with Crippen molar-refractivity contribution in [1.82, 2.24) is 0 Å². The molecule has 1 saturated heterocycles. The monoisotopic (exact) mass is 326 g/mol. The lowest BCUT2D eigenvalue weighted by Crippen LogP contribution is -2.41. The number of hydrogen-bond donors (Lipinski definition) is 2. The van der Waals surface area contributed by atoms with Crippen LogP contribution in [0, 0.1) is 0 Å². The van der Waals surface area contributed by atoms with Crippen molar-refractivity contribution < 1.29 is 14.4 Å². The van der Waals surface area contributed by atoms with Gasteiger partial charge in [0.2, 0.25) is 0 Å². The van der Waals surface area contributed by atoms with Crippen molar-refractivity contribution in [3.05, 3.63) is 34.3 Å². The van der Waals surface area contributed by atoms with Gasteiger partial charge < -0.3 is 14.4 Å². The molecule has 1 aromatic rings. The third-order valence-corrected chi connectivity index (χ3v) is 4.67. The van der Waals surface area contributed by atoms with Crippen LogP contribution in [0.15, 0.2) is 23.7 Å². The van der Waals surface area contributed by atoms with E-state index in [1.807, 2.05) is 33.8 Å². The van der Waals surface area contributed by atoms with Crippen molar-refractivity contribution in [2.45, 2.75) is 38.9 Å². The minimum atomic E-state index is -0.470. The molecule has 1 N–H and O–H groups in total. The molecule has 1 aliphatic rings. The molecule has 0 atom stereocenters. The third-order valence-electron chi connectivity index (χ3n) is 4.07. The maximum absolute atomic E-state index is 9.95. The lowest BCUT2D eigenvalue weighted by atomic mass is 9.78. The quantitative estimate of drug-likeness (QED) is 0.651. The number of phenols is 1. The van der Waals surface area contributed by atoms with E-state index < -0.39 is 18.3 Å². The summed E-state index contributed by atoms with van der Waals surface area (Å²) in [6.07, 6.45) is 1.83. The van der Waals surface area contributed by atoms with Crippen LogP contribution in [0.1, 0.15) is 33.3 Å². The van der Waals surface area contributed by atoms with Gasteiger partial charge in [-0.15, -0.1) is 0 Å². The summed E-state index contributed by atoms with van der Waals surface area (Å²) in [5.41, 5.74) is 0.719. The van der Waals surface area contributed by atoms with Crippen LogP contribution >= 0.6 is 24.2 Å². The minimum Gasteiger partial charge on any atom is -0.507 e. The molecule has 6 heteroatoms. The SMILES string of the molecule is CC1(C)OB(C(=Cc2ccc(Cl)cc2O)CS)OC1(C)C. The van der Waals surface area contributed by atoms with E-state index in [0.717, 1.165) is 5.47 Å². The van der Waals surface area contributed by atoms with Gasteiger partial charge in [-0.05, 0) is 51.4 Å². The van der Waals surface area contributed by atoms with Gasteiger partial charge in [-0.25, -0.2) is 0 Å². The van der Waals surface area contributed by atoms with Crippen LogP contribution in [0.3, 0.4) is 0 Å². The summed E-state index contributed by atoms with van der Waals surface area (Å²) in [5, 5.41) is 10.4. The van der Waals surface area contributed by atoms with Gasteiger partial charge in [0.05, 0.1) is 11.2 Å². The number of rotatable bonds is 3. The number of phenolic OH excluding ortho intramolecular Hbond substituents is 1. The molecule has 0 spiro atoms. The number of hydrogen-bond acceptors (Lipinski definition) is 4. The van der Waals surface area contributed by atoms with Gasteiger partial charge in [-0.2, -0.15) is 12.6 Å². The molecule has 0 unspecified atom stereocenters. The van der Waals surface area contributed by atoms with Crippen LogP contribution in [0.4, 0.5) is 0 Å². The maximum atomic E-state index is 9.95. The molecule has 3 nitrogen and oxygen atoms in total. The Morgan fingerprint density at radius 2 is 1.86 bits per heavy atom. The van der Waals surface area contributed by atoms with Gasteiger partial charge in [0, 0.05) is 16.3 Å². The standard InChI is InChI=1S/C15H20BClO3S/c1-14(2)15(3,4)20-16(19-14)11(9-21)7-10-5-6-12(17)8-13(10)18/h5-8,18,21H,9H2,1-4H3. The largest absolute Gasteiger partial charge is 0.507 e. The Morgan fingerprint density at radius 3 is 2.33 bits per heavy atom. The first kappa shape index (κ1) is 16.8. The smallest absolute Gasteiger partial charge is 0.491 e. The number of aromatic hydroxyl groups is 1. The highest BCUT2D eigenvalue weighted by Gasteiger charge is 2.52. The van der Waals surface area contributed by atoms with Crippen LogP contribution < -0.4 is 0 Å². The minimum absolute atomic E-state index is 0.123. The highest BCUT2D eigenvalue weighted by atomic mass is 35.5. The molecule has 1 aromatic carbocycles. The Bertz CT molecular complexity index is 556. The maximum Gasteiger partial charge on any atom is 0.491 e. The average molecular weight is 327 g/mol. The van der Waals surface area contributed by atoms with Crippen molar-refractivity contribution in [3.8, 4) is 5.75 Å². The van der Waals surface area contributed by atoms with Crippen molar-refractivity contribution >= 4 is 37.4 Å². The lowest BCUT2D eigenvalue weighted by Gasteiger charge is -2.32. The molecule has 21 heavy (non-hydrogen) atoms. The second kappa shape index (κ2) is 5.88. The summed E-state index contributed by atoms with van der Waals surface area (Å²) < 4.78 is 12.0. The Kier molecular flexibility index (Phi) is 4.69. The van der Waals surface area contributed by atoms with Crippen molar-refractivity contribution in [2.75, 3.05) is 5.75 Å². The first-order valence-electron chi connectivity index (χ1n) is 6.82. The van der Waals surface area contributed by atoms with E-state index in [1.54, 1.807) is 12.1 Å². The van der Waals surface area contributed by atoms with Gasteiger partial charge in [0.25, 0.3) is 0 Å². The van der Waals surface area contributed by atoms with Crippen molar-refractivity contribution in [2.24, 2.45) is 0 Å². The number of thiol groups is 1. The second-order valence-electron chi connectivity index (χ2n) is 6.17. The van der Waals surface area contributed by atoms with E-state index in [1.165, 1.54) is 6.07 Å². The Labute approximate surface area is 136 Å². The van der Waals surface area contributed by atoms with Crippen LogP contribution in [0.5, 0.6) is 5.75 Å². The van der Waals surface area contributed by atoms with Crippen LogP contribution in [0.25, 0.3) is 6.08 Å². The molecule has 1 aliphatic heterocycles. The molecular formula is C15H20BClO3S. The van der Waals surface area contributed by atoms with E-state index >= 15 is 0 Å². The van der Waals surface area contributed by atoms with Gasteiger partial charge in [-0.3, -0.25) is 0 Å². The Morgan fingerprint density at radius 1 is 1.29 bits per heavy atom. The van der Waals surface area contributed by atoms with Crippen molar-refractivity contribution in [1.29, 1.82) is 0 Å². The van der Waals surface area contributed by atoms with E-state index in [9.17, 15) is 5.11 Å². The second-order valence-corrected chi connectivity index (χ2v) is 6.92. The summed E-state index contributed by atoms with van der Waals surface area (Å²) in [4.78, 5) is 0. The van der Waals surface area contributed by atoms with Crippen LogP contribution in [0.2, 0.25) is 5.02 Å². The molecule has 114 valence electrons. The Balaban J connectivity index is 2.31. The Hall–Kier alpha value is -0.615. The average Bonchev–Trinajstić information content (AvgIpc) is 2.57. The summed E-state index contributed by atoms with van der Waals surface area (Å²) in [6.45, 7) is 8.01. The third kappa shape index (κ3) is 3.42. The van der Waals surface area contributed by atoms with E-state index in [0.29, 0.717) is 16.3 Å². The lowest BCUT2D eigenvalue weighted by molar-refractivity contribution is 0.00578. The van der Waals surface area contributed by atoms with E-state index in [-0.39, 0.29) is 5.75 Å². The molecule has 0 aromatic heterocycles. The molecule has 0 radical (unpaired) electrons. The summed E-state index contributed by atoms with van der Waals surface area (Å²) in [5.74, 6) is 0.595. The van der Waals surface area contributed by atoms with Gasteiger partial charge in [0.15, 0.2) is 0 Å². The fraction of sp³-hybridized carbons (Fsp3) is 0.467. The van der Waals surface area contributed by atoms with Crippen LogP contribution in [-0.2, 0) is 9.31 Å². The van der Waals surface area contributed by atoms with Crippen LogP contribution in [-0.4, -0.2) is 29.2 Å². The zero-order chi connectivity index (χ0) is 15.8. The predicted octanol–water partition coefficient (Wildman–Crippen LogP) is 3.99. The molecule has 0 aliphatic carbocycles. The number of benzene rings is 1. The van der Waals surface area contributed by atoms with Gasteiger partial charge >= 0.3 is 7.12 Å². The molecule has 1 fully saturated rings. The topological polar surface area (TPSA) is 38.7 Å². The van der Waals surface area contributed by atoms with E-state index in [4.69, 9.17) is 20.9 Å². The normalized spacial score (nSPS) is 20.9. The molecule has 2 rings (SSSR count). The highest BCUT2D eigenvalue weighted by Crippen LogP contribution is 2.39. The highest BCUT2D eigenvalue weighted by molar-refractivity contribution is 7.80. The fourth-order valence-corrected chi connectivity index (χ4v) is 2.43. The summed E-state index contributed by atoms with van der Waals surface area (Å²) >= 11 is 10.2. The number of halogens is 1. The molecule has 0 bridgehead atoms. The molecular weight excluding hydrogens is 306 g/mol. The van der Waals surface area contributed by atoms with Gasteiger partial charge in [0.1, 0.15) is 5.75 Å². The molecule has 1 heterocycles. The van der Waals surface area contributed by atoms with Crippen molar-refractivity contribution in [3.63, 3.8) is 0 Å².